The lowest BCUT2D eigenvalue weighted by Gasteiger charge is -2.24. The highest BCUT2D eigenvalue weighted by Crippen LogP contribution is 2.29. The SMILES string of the molecule is Cc1n[nH]nc1C(=O)NCC1CC(=O)N(C2CCCC2)C1. The van der Waals surface area contributed by atoms with Crippen LogP contribution in [0.3, 0.4) is 0 Å². The van der Waals surface area contributed by atoms with Crippen molar-refractivity contribution in [1.29, 1.82) is 0 Å². The number of aryl methyl sites for hydroxylation is 1. The molecule has 1 aromatic rings. The quantitative estimate of drug-likeness (QED) is 0.851. The number of amides is 2. The summed E-state index contributed by atoms with van der Waals surface area (Å²) >= 11 is 0. The number of likely N-dealkylation sites (tertiary alicyclic amines) is 1. The molecular weight excluding hydrogens is 270 g/mol. The minimum Gasteiger partial charge on any atom is -0.350 e. The number of hydrogen-bond donors (Lipinski definition) is 2. The fourth-order valence-electron chi connectivity index (χ4n) is 3.33. The zero-order valence-electron chi connectivity index (χ0n) is 12.3. The molecule has 7 nitrogen and oxygen atoms in total. The molecule has 1 aliphatic heterocycles. The lowest BCUT2D eigenvalue weighted by molar-refractivity contribution is -0.129. The third kappa shape index (κ3) is 2.91. The Hall–Kier alpha value is -1.92. The van der Waals surface area contributed by atoms with Crippen molar-refractivity contribution < 1.29 is 9.59 Å². The van der Waals surface area contributed by atoms with Crippen molar-refractivity contribution in [3.63, 3.8) is 0 Å². The molecule has 1 aliphatic carbocycles. The monoisotopic (exact) mass is 291 g/mol. The summed E-state index contributed by atoms with van der Waals surface area (Å²) in [6.07, 6.45) is 5.24. The van der Waals surface area contributed by atoms with Gasteiger partial charge in [-0.25, -0.2) is 0 Å². The molecule has 2 fully saturated rings. The van der Waals surface area contributed by atoms with Gasteiger partial charge in [-0.1, -0.05) is 12.8 Å². The number of aromatic nitrogens is 3. The van der Waals surface area contributed by atoms with Crippen molar-refractivity contribution in [3.8, 4) is 0 Å². The highest BCUT2D eigenvalue weighted by Gasteiger charge is 2.35. The van der Waals surface area contributed by atoms with Gasteiger partial charge in [-0.05, 0) is 19.8 Å². The van der Waals surface area contributed by atoms with Gasteiger partial charge in [0.1, 0.15) is 0 Å². The van der Waals surface area contributed by atoms with E-state index in [1.807, 2.05) is 4.90 Å². The Kier molecular flexibility index (Phi) is 3.90. The number of nitrogens with zero attached hydrogens (tertiary/aromatic N) is 3. The van der Waals surface area contributed by atoms with Crippen molar-refractivity contribution in [3.05, 3.63) is 11.4 Å². The highest BCUT2D eigenvalue weighted by molar-refractivity contribution is 5.93. The first-order valence-corrected chi connectivity index (χ1v) is 7.60. The minimum atomic E-state index is -0.229. The van der Waals surface area contributed by atoms with Crippen LogP contribution in [0.2, 0.25) is 0 Å². The molecule has 1 saturated carbocycles. The fraction of sp³-hybridized carbons (Fsp3) is 0.714. The molecule has 7 heteroatoms. The standard InChI is InChI=1S/C14H21N5O2/c1-9-13(17-18-16-9)14(21)15-7-10-6-12(20)19(8-10)11-4-2-3-5-11/h10-11H,2-8H2,1H3,(H,15,21)(H,16,17,18). The van der Waals surface area contributed by atoms with Gasteiger partial charge < -0.3 is 10.2 Å². The summed E-state index contributed by atoms with van der Waals surface area (Å²) in [5.41, 5.74) is 0.912. The van der Waals surface area contributed by atoms with Crippen molar-refractivity contribution in [1.82, 2.24) is 25.6 Å². The second kappa shape index (κ2) is 5.83. The molecular formula is C14H21N5O2. The average Bonchev–Trinajstić information content (AvgIpc) is 3.16. The Morgan fingerprint density at radius 2 is 2.14 bits per heavy atom. The van der Waals surface area contributed by atoms with Gasteiger partial charge in [0.2, 0.25) is 5.91 Å². The van der Waals surface area contributed by atoms with Crippen LogP contribution in [-0.4, -0.2) is 51.3 Å². The van der Waals surface area contributed by atoms with Crippen molar-refractivity contribution in [2.75, 3.05) is 13.1 Å². The van der Waals surface area contributed by atoms with Crippen LogP contribution < -0.4 is 5.32 Å². The van der Waals surface area contributed by atoms with Crippen molar-refractivity contribution >= 4 is 11.8 Å². The molecule has 0 bridgehead atoms. The van der Waals surface area contributed by atoms with Crippen LogP contribution in [0.1, 0.15) is 48.3 Å². The number of rotatable bonds is 4. The summed E-state index contributed by atoms with van der Waals surface area (Å²) in [6.45, 7) is 3.01. The molecule has 0 aromatic carbocycles. The summed E-state index contributed by atoms with van der Waals surface area (Å²) in [6, 6.07) is 0.427. The van der Waals surface area contributed by atoms with Gasteiger partial charge in [-0.15, -0.1) is 0 Å². The molecule has 3 rings (SSSR count). The Bertz CT molecular complexity index is 535. The summed E-state index contributed by atoms with van der Waals surface area (Å²) in [5, 5.41) is 13.0. The van der Waals surface area contributed by atoms with Gasteiger partial charge >= 0.3 is 0 Å². The predicted molar refractivity (Wildman–Crippen MR) is 75.5 cm³/mol. The van der Waals surface area contributed by atoms with E-state index in [0.29, 0.717) is 30.4 Å². The van der Waals surface area contributed by atoms with Crippen molar-refractivity contribution in [2.24, 2.45) is 5.92 Å². The fourth-order valence-corrected chi connectivity index (χ4v) is 3.33. The average molecular weight is 291 g/mol. The third-order valence-corrected chi connectivity index (χ3v) is 4.49. The largest absolute Gasteiger partial charge is 0.350 e. The topological polar surface area (TPSA) is 91.0 Å². The summed E-state index contributed by atoms with van der Waals surface area (Å²) in [5.74, 6) is 0.209. The van der Waals surface area contributed by atoms with Gasteiger partial charge in [0, 0.05) is 31.5 Å². The van der Waals surface area contributed by atoms with Gasteiger partial charge in [-0.3, -0.25) is 9.59 Å². The molecule has 0 radical (unpaired) electrons. The summed E-state index contributed by atoms with van der Waals surface area (Å²) in [4.78, 5) is 26.1. The third-order valence-electron chi connectivity index (χ3n) is 4.49. The first-order valence-electron chi connectivity index (χ1n) is 7.60. The first kappa shape index (κ1) is 14.0. The van der Waals surface area contributed by atoms with Crippen LogP contribution in [0, 0.1) is 12.8 Å². The maximum atomic E-state index is 12.1. The molecule has 2 heterocycles. The molecule has 1 saturated heterocycles. The van der Waals surface area contributed by atoms with Crippen LogP contribution in [0.5, 0.6) is 0 Å². The van der Waals surface area contributed by atoms with Gasteiger partial charge in [0.25, 0.3) is 5.91 Å². The predicted octanol–water partition coefficient (Wildman–Crippen LogP) is 0.634. The number of nitrogens with one attached hydrogen (secondary N) is 2. The lowest BCUT2D eigenvalue weighted by atomic mass is 10.1. The molecule has 1 atom stereocenters. The second-order valence-corrected chi connectivity index (χ2v) is 6.02. The minimum absolute atomic E-state index is 0.203. The Morgan fingerprint density at radius 1 is 1.38 bits per heavy atom. The van der Waals surface area contributed by atoms with Crippen molar-refractivity contribution in [2.45, 2.75) is 45.1 Å². The van der Waals surface area contributed by atoms with Crippen LogP contribution in [-0.2, 0) is 4.79 Å². The van der Waals surface area contributed by atoms with Crippen LogP contribution in [0.4, 0.5) is 0 Å². The van der Waals surface area contributed by atoms with E-state index >= 15 is 0 Å². The zero-order valence-corrected chi connectivity index (χ0v) is 12.3. The molecule has 2 aliphatic rings. The van der Waals surface area contributed by atoms with E-state index in [-0.39, 0.29) is 17.7 Å². The molecule has 2 amide bonds. The molecule has 1 aromatic heterocycles. The number of carbonyl (C=O) groups excluding carboxylic acids is 2. The van der Waals surface area contributed by atoms with Crippen LogP contribution in [0.25, 0.3) is 0 Å². The number of carbonyl (C=O) groups is 2. The van der Waals surface area contributed by atoms with E-state index in [1.54, 1.807) is 6.92 Å². The lowest BCUT2D eigenvalue weighted by Crippen LogP contribution is -2.36. The summed E-state index contributed by atoms with van der Waals surface area (Å²) < 4.78 is 0. The van der Waals surface area contributed by atoms with E-state index in [4.69, 9.17) is 0 Å². The van der Waals surface area contributed by atoms with E-state index < -0.39 is 0 Å². The molecule has 1 unspecified atom stereocenters. The van der Waals surface area contributed by atoms with Gasteiger partial charge in [-0.2, -0.15) is 15.4 Å². The molecule has 0 spiro atoms. The first-order chi connectivity index (χ1) is 10.1. The molecule has 114 valence electrons. The number of aromatic amines is 1. The van der Waals surface area contributed by atoms with E-state index in [0.717, 1.165) is 19.4 Å². The van der Waals surface area contributed by atoms with Crippen LogP contribution in [0.15, 0.2) is 0 Å². The second-order valence-electron chi connectivity index (χ2n) is 6.02. The van der Waals surface area contributed by atoms with Crippen LogP contribution >= 0.6 is 0 Å². The van der Waals surface area contributed by atoms with Gasteiger partial charge in [0.15, 0.2) is 5.69 Å². The van der Waals surface area contributed by atoms with E-state index in [1.165, 1.54) is 12.8 Å². The number of H-pyrrole nitrogens is 1. The zero-order chi connectivity index (χ0) is 14.8. The normalized spacial score (nSPS) is 23.0. The maximum absolute atomic E-state index is 12.1. The number of hydrogen-bond acceptors (Lipinski definition) is 4. The van der Waals surface area contributed by atoms with E-state index in [9.17, 15) is 9.59 Å². The summed E-state index contributed by atoms with van der Waals surface area (Å²) in [7, 11) is 0. The smallest absolute Gasteiger partial charge is 0.273 e. The Balaban J connectivity index is 1.51. The molecule has 2 N–H and O–H groups in total. The maximum Gasteiger partial charge on any atom is 0.273 e. The van der Waals surface area contributed by atoms with Gasteiger partial charge in [0.05, 0.1) is 5.69 Å². The highest BCUT2D eigenvalue weighted by atomic mass is 16.2. The molecule has 21 heavy (non-hydrogen) atoms. The Morgan fingerprint density at radius 3 is 2.81 bits per heavy atom. The van der Waals surface area contributed by atoms with E-state index in [2.05, 4.69) is 20.7 Å². The Labute approximate surface area is 123 Å².